The summed E-state index contributed by atoms with van der Waals surface area (Å²) in [7, 11) is 0. The van der Waals surface area contributed by atoms with E-state index in [1.165, 1.54) is 5.56 Å². The second-order valence-electron chi connectivity index (χ2n) is 5.46. The van der Waals surface area contributed by atoms with Gasteiger partial charge >= 0.3 is 0 Å². The van der Waals surface area contributed by atoms with Crippen LogP contribution in [0.3, 0.4) is 0 Å². The normalized spacial score (nSPS) is 10.4. The van der Waals surface area contributed by atoms with E-state index in [0.29, 0.717) is 18.7 Å². The molecule has 1 heterocycles. The predicted octanol–water partition coefficient (Wildman–Crippen LogP) is 4.23. The lowest BCUT2D eigenvalue weighted by Crippen LogP contribution is -2.12. The molecule has 2 aromatic carbocycles. The minimum atomic E-state index is 0.0790. The van der Waals surface area contributed by atoms with E-state index in [-0.39, 0.29) is 5.78 Å². The van der Waals surface area contributed by atoms with E-state index in [4.69, 9.17) is 0 Å². The molecular formula is C20H17BrN2O. The number of carbonyl (C=O) groups excluding carboxylic acids is 1. The Labute approximate surface area is 149 Å². The molecule has 0 saturated carbocycles. The van der Waals surface area contributed by atoms with Crippen molar-refractivity contribution in [1.29, 1.82) is 0 Å². The first-order valence-electron chi connectivity index (χ1n) is 7.70. The second-order valence-corrected chi connectivity index (χ2v) is 6.38. The Morgan fingerprint density at radius 3 is 2.42 bits per heavy atom. The third-order valence-corrected chi connectivity index (χ3v) is 4.13. The molecule has 0 aliphatic rings. The van der Waals surface area contributed by atoms with Crippen LogP contribution in [0.5, 0.6) is 0 Å². The summed E-state index contributed by atoms with van der Waals surface area (Å²) in [5, 5.41) is 0.907. The maximum Gasteiger partial charge on any atom is 0.182 e. The van der Waals surface area contributed by atoms with Gasteiger partial charge in [0.2, 0.25) is 0 Å². The maximum atomic E-state index is 12.3. The molecule has 0 fully saturated rings. The van der Waals surface area contributed by atoms with Crippen molar-refractivity contribution in [2.45, 2.75) is 13.1 Å². The molecule has 0 amide bonds. The van der Waals surface area contributed by atoms with Crippen LogP contribution in [-0.2, 0) is 13.1 Å². The Morgan fingerprint density at radius 2 is 1.71 bits per heavy atom. The molecule has 1 aromatic heterocycles. The van der Waals surface area contributed by atoms with Gasteiger partial charge < -0.3 is 4.57 Å². The van der Waals surface area contributed by atoms with E-state index >= 15 is 0 Å². The van der Waals surface area contributed by atoms with Crippen LogP contribution in [0.4, 0.5) is 0 Å². The summed E-state index contributed by atoms with van der Waals surface area (Å²) in [4.78, 5) is 16.9. The molecule has 0 saturated heterocycles. The predicted molar refractivity (Wildman–Crippen MR) is 98.6 cm³/mol. The molecule has 24 heavy (non-hydrogen) atoms. The molecule has 0 N–H and O–H groups in total. The van der Waals surface area contributed by atoms with E-state index < -0.39 is 0 Å². The van der Waals surface area contributed by atoms with Crippen molar-refractivity contribution in [1.82, 2.24) is 4.57 Å². The van der Waals surface area contributed by atoms with Gasteiger partial charge in [-0.15, -0.1) is 0 Å². The van der Waals surface area contributed by atoms with E-state index in [1.807, 2.05) is 71.6 Å². The lowest BCUT2D eigenvalue weighted by molar-refractivity contribution is 0.0972. The van der Waals surface area contributed by atoms with E-state index in [1.54, 1.807) is 0 Å². The molecule has 120 valence electrons. The van der Waals surface area contributed by atoms with Gasteiger partial charge in [0.25, 0.3) is 0 Å². The molecule has 0 aliphatic carbocycles. The fraction of sp³-hybridized carbons (Fsp3) is 0.100. The van der Waals surface area contributed by atoms with Gasteiger partial charge in [-0.05, 0) is 29.8 Å². The number of hydrogen-bond acceptors (Lipinski definition) is 2. The van der Waals surface area contributed by atoms with Crippen molar-refractivity contribution in [3.05, 3.63) is 100 Å². The number of benzene rings is 2. The lowest BCUT2D eigenvalue weighted by atomic mass is 10.1. The summed E-state index contributed by atoms with van der Waals surface area (Å²) < 4.78 is 2.78. The fourth-order valence-corrected chi connectivity index (χ4v) is 2.74. The molecule has 0 spiro atoms. The highest BCUT2D eigenvalue weighted by atomic mass is 79.9. The Balaban J connectivity index is 1.67. The Morgan fingerprint density at radius 1 is 0.958 bits per heavy atom. The number of nitrogens with zero attached hydrogens (tertiary/aromatic N) is 2. The monoisotopic (exact) mass is 380 g/mol. The SMILES string of the molecule is O=C(Cn1ccc(=NCc2ccccc2)cc1)c1cccc(Br)c1. The summed E-state index contributed by atoms with van der Waals surface area (Å²) >= 11 is 3.39. The molecule has 0 atom stereocenters. The molecule has 0 bridgehead atoms. The van der Waals surface area contributed by atoms with Gasteiger partial charge in [-0.25, -0.2) is 0 Å². The molecular weight excluding hydrogens is 364 g/mol. The van der Waals surface area contributed by atoms with Crippen LogP contribution in [0.15, 0.2) is 88.6 Å². The number of aromatic nitrogens is 1. The molecule has 0 unspecified atom stereocenters. The van der Waals surface area contributed by atoms with Crippen molar-refractivity contribution < 1.29 is 4.79 Å². The highest BCUT2D eigenvalue weighted by Gasteiger charge is 2.06. The largest absolute Gasteiger partial charge is 0.346 e. The highest BCUT2D eigenvalue weighted by Crippen LogP contribution is 2.12. The van der Waals surface area contributed by atoms with Crippen LogP contribution in [0.2, 0.25) is 0 Å². The third-order valence-electron chi connectivity index (χ3n) is 3.63. The fourth-order valence-electron chi connectivity index (χ4n) is 2.35. The average Bonchev–Trinajstić information content (AvgIpc) is 2.62. The standard InChI is InChI=1S/C20H17BrN2O/c21-18-8-4-7-17(13-18)20(24)15-23-11-9-19(10-12-23)22-14-16-5-2-1-3-6-16/h1-13H,14-15H2. The number of rotatable bonds is 5. The molecule has 0 radical (unpaired) electrons. The molecule has 3 aromatic rings. The topological polar surface area (TPSA) is 34.4 Å². The van der Waals surface area contributed by atoms with Gasteiger partial charge in [0.15, 0.2) is 5.78 Å². The van der Waals surface area contributed by atoms with Crippen molar-refractivity contribution in [3.63, 3.8) is 0 Å². The number of halogens is 1. The number of hydrogen-bond donors (Lipinski definition) is 0. The summed E-state index contributed by atoms with van der Waals surface area (Å²) in [5.41, 5.74) is 1.88. The Kier molecular flexibility index (Phi) is 5.39. The minimum Gasteiger partial charge on any atom is -0.346 e. The quantitative estimate of drug-likeness (QED) is 0.609. The maximum absolute atomic E-state index is 12.3. The van der Waals surface area contributed by atoms with Crippen LogP contribution < -0.4 is 5.36 Å². The van der Waals surface area contributed by atoms with Crippen molar-refractivity contribution in [2.75, 3.05) is 0 Å². The van der Waals surface area contributed by atoms with Gasteiger partial charge in [0, 0.05) is 22.4 Å². The average molecular weight is 381 g/mol. The van der Waals surface area contributed by atoms with Crippen molar-refractivity contribution in [3.8, 4) is 0 Å². The van der Waals surface area contributed by atoms with Crippen LogP contribution >= 0.6 is 15.9 Å². The Bertz CT molecular complexity index is 880. The van der Waals surface area contributed by atoms with Crippen LogP contribution in [-0.4, -0.2) is 10.4 Å². The lowest BCUT2D eigenvalue weighted by Gasteiger charge is -2.06. The van der Waals surface area contributed by atoms with Crippen LogP contribution in [0.25, 0.3) is 0 Å². The zero-order chi connectivity index (χ0) is 16.8. The van der Waals surface area contributed by atoms with E-state index in [2.05, 4.69) is 33.1 Å². The first-order valence-corrected chi connectivity index (χ1v) is 8.49. The number of Topliss-reactive ketones (excluding diaryl/α,β-unsaturated/α-hetero) is 1. The van der Waals surface area contributed by atoms with Gasteiger partial charge in [0.05, 0.1) is 18.4 Å². The molecule has 0 aliphatic heterocycles. The Hall–Kier alpha value is -2.46. The molecule has 3 rings (SSSR count). The van der Waals surface area contributed by atoms with Crippen molar-refractivity contribution in [2.24, 2.45) is 4.99 Å². The summed E-state index contributed by atoms with van der Waals surface area (Å²) in [6, 6.07) is 21.4. The summed E-state index contributed by atoms with van der Waals surface area (Å²) in [6.07, 6.45) is 3.78. The van der Waals surface area contributed by atoms with E-state index in [0.717, 1.165) is 9.83 Å². The van der Waals surface area contributed by atoms with Gasteiger partial charge in [-0.1, -0.05) is 58.4 Å². The summed E-state index contributed by atoms with van der Waals surface area (Å²) in [5.74, 6) is 0.0790. The van der Waals surface area contributed by atoms with Gasteiger partial charge in [-0.2, -0.15) is 0 Å². The molecule has 3 nitrogen and oxygen atoms in total. The summed E-state index contributed by atoms with van der Waals surface area (Å²) in [6.45, 7) is 0.969. The minimum absolute atomic E-state index is 0.0790. The number of ketones is 1. The van der Waals surface area contributed by atoms with Gasteiger partial charge in [0.1, 0.15) is 0 Å². The zero-order valence-electron chi connectivity index (χ0n) is 13.1. The van der Waals surface area contributed by atoms with E-state index in [9.17, 15) is 4.79 Å². The number of carbonyl (C=O) groups is 1. The highest BCUT2D eigenvalue weighted by molar-refractivity contribution is 9.10. The molecule has 4 heteroatoms. The van der Waals surface area contributed by atoms with Gasteiger partial charge in [-0.3, -0.25) is 9.79 Å². The van der Waals surface area contributed by atoms with Crippen molar-refractivity contribution >= 4 is 21.7 Å². The third kappa shape index (κ3) is 4.52. The number of pyridine rings is 1. The van der Waals surface area contributed by atoms with Crippen LogP contribution in [0, 0.1) is 0 Å². The van der Waals surface area contributed by atoms with Crippen LogP contribution in [0.1, 0.15) is 15.9 Å². The zero-order valence-corrected chi connectivity index (χ0v) is 14.7. The smallest absolute Gasteiger partial charge is 0.182 e. The first kappa shape index (κ1) is 16.4. The first-order chi connectivity index (χ1) is 11.7. The second kappa shape index (κ2) is 7.88.